The van der Waals surface area contributed by atoms with Crippen molar-refractivity contribution in [2.24, 2.45) is 4.99 Å². The minimum Gasteiger partial charge on any atom is -0.357 e. The first-order valence-corrected chi connectivity index (χ1v) is 8.78. The van der Waals surface area contributed by atoms with Crippen molar-refractivity contribution >= 4 is 17.7 Å². The van der Waals surface area contributed by atoms with Gasteiger partial charge in [-0.05, 0) is 51.3 Å². The zero-order valence-electron chi connectivity index (χ0n) is 14.9. The Balaban J connectivity index is 1.92. The summed E-state index contributed by atoms with van der Waals surface area (Å²) >= 11 is 0. The molecule has 2 amide bonds. The molecule has 1 aliphatic heterocycles. The van der Waals surface area contributed by atoms with E-state index in [-0.39, 0.29) is 12.1 Å². The number of nitrogens with one attached hydrogen (secondary N) is 3. The monoisotopic (exact) mass is 331 g/mol. The third kappa shape index (κ3) is 5.76. The van der Waals surface area contributed by atoms with E-state index in [4.69, 9.17) is 4.99 Å². The van der Waals surface area contributed by atoms with Crippen LogP contribution in [0.4, 0.5) is 10.5 Å². The van der Waals surface area contributed by atoms with Crippen LogP contribution in [-0.4, -0.2) is 42.6 Å². The van der Waals surface area contributed by atoms with Crippen LogP contribution in [0.5, 0.6) is 0 Å². The number of guanidine groups is 1. The Morgan fingerprint density at radius 1 is 1.21 bits per heavy atom. The van der Waals surface area contributed by atoms with Gasteiger partial charge < -0.3 is 20.9 Å². The molecule has 1 aromatic carbocycles. The van der Waals surface area contributed by atoms with E-state index in [0.29, 0.717) is 6.54 Å². The molecule has 1 fully saturated rings. The molecule has 0 saturated carbocycles. The maximum absolute atomic E-state index is 11.7. The van der Waals surface area contributed by atoms with Crippen molar-refractivity contribution in [1.82, 2.24) is 15.5 Å². The van der Waals surface area contributed by atoms with Gasteiger partial charge in [-0.2, -0.15) is 0 Å². The third-order valence-electron chi connectivity index (χ3n) is 3.78. The highest BCUT2D eigenvalue weighted by atomic mass is 16.2. The smallest absolute Gasteiger partial charge is 0.319 e. The van der Waals surface area contributed by atoms with Gasteiger partial charge >= 0.3 is 6.03 Å². The highest BCUT2D eigenvalue weighted by Crippen LogP contribution is 2.12. The molecule has 1 heterocycles. The Bertz CT molecular complexity index is 547. The van der Waals surface area contributed by atoms with Crippen LogP contribution in [0.25, 0.3) is 0 Å². The molecule has 1 aromatic rings. The van der Waals surface area contributed by atoms with Crippen LogP contribution >= 0.6 is 0 Å². The molecule has 0 unspecified atom stereocenters. The number of carbonyl (C=O) groups is 1. The van der Waals surface area contributed by atoms with Crippen LogP contribution in [0.2, 0.25) is 0 Å². The predicted octanol–water partition coefficient (Wildman–Crippen LogP) is 2.78. The molecule has 6 heteroatoms. The fourth-order valence-corrected chi connectivity index (χ4v) is 2.64. The van der Waals surface area contributed by atoms with Crippen LogP contribution in [0, 0.1) is 0 Å². The van der Waals surface area contributed by atoms with E-state index in [2.05, 4.69) is 27.8 Å². The van der Waals surface area contributed by atoms with Gasteiger partial charge in [-0.1, -0.05) is 12.1 Å². The SMILES string of the molecule is CCNC(=NCc1ccc(NC(=O)NC(C)C)cc1)N1CCCC1. The maximum Gasteiger partial charge on any atom is 0.319 e. The number of hydrogen-bond acceptors (Lipinski definition) is 2. The number of nitrogens with zero attached hydrogens (tertiary/aromatic N) is 2. The molecular formula is C18H29N5O. The largest absolute Gasteiger partial charge is 0.357 e. The van der Waals surface area contributed by atoms with Gasteiger partial charge in [0.25, 0.3) is 0 Å². The van der Waals surface area contributed by atoms with Crippen LogP contribution in [-0.2, 0) is 6.54 Å². The molecule has 3 N–H and O–H groups in total. The summed E-state index contributed by atoms with van der Waals surface area (Å²) in [6, 6.07) is 7.76. The highest BCUT2D eigenvalue weighted by molar-refractivity contribution is 5.89. The number of hydrogen-bond donors (Lipinski definition) is 3. The summed E-state index contributed by atoms with van der Waals surface area (Å²) in [7, 11) is 0. The van der Waals surface area contributed by atoms with E-state index in [9.17, 15) is 4.79 Å². The Morgan fingerprint density at radius 2 is 1.88 bits per heavy atom. The van der Waals surface area contributed by atoms with E-state index in [1.165, 1.54) is 12.8 Å². The molecule has 132 valence electrons. The average molecular weight is 331 g/mol. The number of aliphatic imine (C=N–C) groups is 1. The molecule has 0 aliphatic carbocycles. The summed E-state index contributed by atoms with van der Waals surface area (Å²) in [6.07, 6.45) is 2.48. The van der Waals surface area contributed by atoms with Crippen LogP contribution in [0.1, 0.15) is 39.2 Å². The van der Waals surface area contributed by atoms with Gasteiger partial charge in [0.2, 0.25) is 0 Å². The van der Waals surface area contributed by atoms with Crippen molar-refractivity contribution in [1.29, 1.82) is 0 Å². The van der Waals surface area contributed by atoms with Gasteiger partial charge in [-0.3, -0.25) is 0 Å². The standard InChI is InChI=1S/C18H29N5O/c1-4-19-17(23-11-5-6-12-23)20-13-15-7-9-16(10-8-15)22-18(24)21-14(2)3/h7-10,14H,4-6,11-13H2,1-3H3,(H,19,20)(H2,21,22,24). The second-order valence-electron chi connectivity index (χ2n) is 6.31. The lowest BCUT2D eigenvalue weighted by Crippen LogP contribution is -2.39. The van der Waals surface area contributed by atoms with E-state index in [0.717, 1.165) is 36.8 Å². The Morgan fingerprint density at radius 3 is 2.46 bits per heavy atom. The average Bonchev–Trinajstić information content (AvgIpc) is 3.06. The van der Waals surface area contributed by atoms with Crippen LogP contribution < -0.4 is 16.0 Å². The number of anilines is 1. The summed E-state index contributed by atoms with van der Waals surface area (Å²) in [5, 5.41) is 8.99. The third-order valence-corrected chi connectivity index (χ3v) is 3.78. The number of urea groups is 1. The van der Waals surface area contributed by atoms with Crippen molar-refractivity contribution in [3.05, 3.63) is 29.8 Å². The van der Waals surface area contributed by atoms with Crippen molar-refractivity contribution in [2.45, 2.75) is 46.2 Å². The zero-order chi connectivity index (χ0) is 17.4. The van der Waals surface area contributed by atoms with Gasteiger partial charge in [-0.25, -0.2) is 9.79 Å². The topological polar surface area (TPSA) is 68.8 Å². The second kappa shape index (κ2) is 9.15. The Kier molecular flexibility index (Phi) is 6.90. The Hall–Kier alpha value is -2.24. The minimum atomic E-state index is -0.181. The van der Waals surface area contributed by atoms with E-state index < -0.39 is 0 Å². The summed E-state index contributed by atoms with van der Waals surface area (Å²) in [5.74, 6) is 0.994. The first-order chi connectivity index (χ1) is 11.6. The predicted molar refractivity (Wildman–Crippen MR) is 99.4 cm³/mol. The van der Waals surface area contributed by atoms with Crippen molar-refractivity contribution in [2.75, 3.05) is 25.0 Å². The molecule has 2 rings (SSSR count). The fourth-order valence-electron chi connectivity index (χ4n) is 2.64. The lowest BCUT2D eigenvalue weighted by Gasteiger charge is -2.20. The maximum atomic E-state index is 11.7. The molecule has 24 heavy (non-hydrogen) atoms. The van der Waals surface area contributed by atoms with Crippen molar-refractivity contribution in [3.8, 4) is 0 Å². The van der Waals surface area contributed by atoms with Gasteiger partial charge in [0.15, 0.2) is 5.96 Å². The molecule has 6 nitrogen and oxygen atoms in total. The summed E-state index contributed by atoms with van der Waals surface area (Å²) in [5.41, 5.74) is 1.91. The van der Waals surface area contributed by atoms with E-state index in [1.54, 1.807) is 0 Å². The number of rotatable bonds is 5. The summed E-state index contributed by atoms with van der Waals surface area (Å²) in [6.45, 7) is 9.64. The van der Waals surface area contributed by atoms with Crippen LogP contribution in [0.3, 0.4) is 0 Å². The molecule has 1 aliphatic rings. The molecule has 0 spiro atoms. The van der Waals surface area contributed by atoms with Crippen molar-refractivity contribution < 1.29 is 4.79 Å². The minimum absolute atomic E-state index is 0.119. The van der Waals surface area contributed by atoms with Gasteiger partial charge in [0.05, 0.1) is 6.54 Å². The zero-order valence-corrected chi connectivity index (χ0v) is 14.9. The van der Waals surface area contributed by atoms with Crippen LogP contribution in [0.15, 0.2) is 29.3 Å². The molecular weight excluding hydrogens is 302 g/mol. The lowest BCUT2D eigenvalue weighted by molar-refractivity contribution is 0.250. The van der Waals surface area contributed by atoms with Crippen molar-refractivity contribution in [3.63, 3.8) is 0 Å². The molecule has 0 bridgehead atoms. The first-order valence-electron chi connectivity index (χ1n) is 8.78. The van der Waals surface area contributed by atoms with E-state index >= 15 is 0 Å². The molecule has 0 aromatic heterocycles. The fraction of sp³-hybridized carbons (Fsp3) is 0.556. The van der Waals surface area contributed by atoms with Gasteiger partial charge in [0.1, 0.15) is 0 Å². The van der Waals surface area contributed by atoms with Gasteiger partial charge in [0, 0.05) is 31.4 Å². The second-order valence-corrected chi connectivity index (χ2v) is 6.31. The lowest BCUT2D eigenvalue weighted by atomic mass is 10.2. The number of likely N-dealkylation sites (tertiary alicyclic amines) is 1. The quantitative estimate of drug-likeness (QED) is 0.574. The number of benzene rings is 1. The normalized spacial score (nSPS) is 14.8. The highest BCUT2D eigenvalue weighted by Gasteiger charge is 2.15. The van der Waals surface area contributed by atoms with E-state index in [1.807, 2.05) is 38.1 Å². The van der Waals surface area contributed by atoms with Gasteiger partial charge in [-0.15, -0.1) is 0 Å². The number of carbonyl (C=O) groups excluding carboxylic acids is 1. The number of amides is 2. The summed E-state index contributed by atoms with van der Waals surface area (Å²) in [4.78, 5) is 18.7. The summed E-state index contributed by atoms with van der Waals surface area (Å²) < 4.78 is 0. The Labute approximate surface area is 144 Å². The first kappa shape index (κ1) is 18.1. The molecule has 0 radical (unpaired) electrons. The molecule has 0 atom stereocenters. The molecule has 1 saturated heterocycles.